The fraction of sp³-hybridized carbons (Fsp3) is 0.333. The van der Waals surface area contributed by atoms with Gasteiger partial charge in [-0.1, -0.05) is 24.6 Å². The zero-order valence-corrected chi connectivity index (χ0v) is 11.9. The molecule has 2 aromatic rings. The van der Waals surface area contributed by atoms with Crippen LogP contribution in [0.25, 0.3) is 0 Å². The van der Waals surface area contributed by atoms with Crippen molar-refractivity contribution in [2.75, 3.05) is 6.54 Å². The smallest absolute Gasteiger partial charge is 0.142 e. The highest BCUT2D eigenvalue weighted by Crippen LogP contribution is 2.19. The van der Waals surface area contributed by atoms with Gasteiger partial charge in [-0.15, -0.1) is 0 Å². The fourth-order valence-corrected chi connectivity index (χ4v) is 2.33. The summed E-state index contributed by atoms with van der Waals surface area (Å²) >= 11 is 5.69. The first kappa shape index (κ1) is 14.1. The van der Waals surface area contributed by atoms with Crippen molar-refractivity contribution in [1.82, 2.24) is 9.88 Å². The van der Waals surface area contributed by atoms with Crippen LogP contribution in [0.4, 0.5) is 4.39 Å². The second-order valence-electron chi connectivity index (χ2n) is 4.59. The van der Waals surface area contributed by atoms with Gasteiger partial charge >= 0.3 is 0 Å². The molecular formula is C15H18ClFN2. The molecule has 1 aromatic carbocycles. The number of hydrogen-bond acceptors (Lipinski definition) is 1. The van der Waals surface area contributed by atoms with Crippen LogP contribution in [0.15, 0.2) is 36.5 Å². The minimum atomic E-state index is -0.368. The van der Waals surface area contributed by atoms with Gasteiger partial charge < -0.3 is 9.88 Å². The number of rotatable bonds is 5. The number of hydrogen-bond donors (Lipinski definition) is 1. The number of halogens is 2. The number of aromatic nitrogens is 1. The van der Waals surface area contributed by atoms with E-state index < -0.39 is 0 Å². The molecule has 1 N–H and O–H groups in total. The van der Waals surface area contributed by atoms with Crippen LogP contribution in [0, 0.1) is 5.82 Å². The summed E-state index contributed by atoms with van der Waals surface area (Å²) in [5.41, 5.74) is 2.10. The normalized spacial score (nSPS) is 12.6. The quantitative estimate of drug-likeness (QED) is 0.876. The van der Waals surface area contributed by atoms with Crippen LogP contribution in [0.1, 0.15) is 31.1 Å². The highest BCUT2D eigenvalue weighted by Gasteiger charge is 2.09. The third kappa shape index (κ3) is 3.37. The van der Waals surface area contributed by atoms with E-state index in [-0.39, 0.29) is 16.9 Å². The molecule has 1 aromatic heterocycles. The summed E-state index contributed by atoms with van der Waals surface area (Å²) in [6.07, 6.45) is 2.01. The second-order valence-corrected chi connectivity index (χ2v) is 5.00. The average Bonchev–Trinajstić information content (AvgIpc) is 2.82. The van der Waals surface area contributed by atoms with Crippen molar-refractivity contribution in [3.05, 3.63) is 58.6 Å². The molecule has 0 amide bonds. The summed E-state index contributed by atoms with van der Waals surface area (Å²) in [7, 11) is 0. The van der Waals surface area contributed by atoms with E-state index in [0.29, 0.717) is 6.54 Å². The van der Waals surface area contributed by atoms with E-state index in [9.17, 15) is 4.39 Å². The standard InChI is InChI=1S/C15H18ClFN2/c1-3-18-11(2)15-5-4-8-19(15)10-12-6-7-13(16)14(17)9-12/h4-9,11,18H,3,10H2,1-2H3. The van der Waals surface area contributed by atoms with E-state index in [1.54, 1.807) is 6.07 Å². The van der Waals surface area contributed by atoms with Crippen molar-refractivity contribution < 1.29 is 4.39 Å². The molecule has 0 bridgehead atoms. The Balaban J connectivity index is 2.19. The van der Waals surface area contributed by atoms with E-state index in [1.807, 2.05) is 18.3 Å². The van der Waals surface area contributed by atoms with E-state index >= 15 is 0 Å². The van der Waals surface area contributed by atoms with Crippen molar-refractivity contribution in [2.45, 2.75) is 26.4 Å². The Hall–Kier alpha value is -1.32. The predicted molar refractivity (Wildman–Crippen MR) is 77.0 cm³/mol. The molecule has 0 aliphatic heterocycles. The lowest BCUT2D eigenvalue weighted by atomic mass is 10.2. The Morgan fingerprint density at radius 3 is 2.84 bits per heavy atom. The van der Waals surface area contributed by atoms with Gasteiger partial charge in [-0.25, -0.2) is 4.39 Å². The summed E-state index contributed by atoms with van der Waals surface area (Å²) in [4.78, 5) is 0. The summed E-state index contributed by atoms with van der Waals surface area (Å²) in [6.45, 7) is 5.77. The molecule has 0 aliphatic rings. The van der Waals surface area contributed by atoms with Gasteiger partial charge in [-0.05, 0) is 43.3 Å². The maximum atomic E-state index is 13.4. The first-order valence-corrected chi connectivity index (χ1v) is 6.82. The van der Waals surface area contributed by atoms with Crippen LogP contribution < -0.4 is 5.32 Å². The van der Waals surface area contributed by atoms with Gasteiger partial charge in [0.2, 0.25) is 0 Å². The van der Waals surface area contributed by atoms with Gasteiger partial charge in [0.05, 0.1) is 5.02 Å². The highest BCUT2D eigenvalue weighted by molar-refractivity contribution is 6.30. The van der Waals surface area contributed by atoms with Crippen LogP contribution >= 0.6 is 11.6 Å². The molecule has 19 heavy (non-hydrogen) atoms. The monoisotopic (exact) mass is 280 g/mol. The predicted octanol–water partition coefficient (Wildman–Crippen LogP) is 4.00. The molecule has 2 nitrogen and oxygen atoms in total. The number of nitrogens with one attached hydrogen (secondary N) is 1. The zero-order valence-electron chi connectivity index (χ0n) is 11.2. The maximum Gasteiger partial charge on any atom is 0.142 e. The lowest BCUT2D eigenvalue weighted by Crippen LogP contribution is -2.20. The van der Waals surface area contributed by atoms with Gasteiger partial charge in [0.15, 0.2) is 0 Å². The Labute approximate surface area is 118 Å². The largest absolute Gasteiger partial charge is 0.346 e. The van der Waals surface area contributed by atoms with E-state index in [1.165, 1.54) is 11.8 Å². The summed E-state index contributed by atoms with van der Waals surface area (Å²) < 4.78 is 15.6. The van der Waals surface area contributed by atoms with Gasteiger partial charge in [0, 0.05) is 24.5 Å². The molecule has 0 saturated heterocycles. The third-order valence-electron chi connectivity index (χ3n) is 3.16. The molecule has 0 fully saturated rings. The second kappa shape index (κ2) is 6.22. The molecule has 0 radical (unpaired) electrons. The molecule has 0 aliphatic carbocycles. The minimum absolute atomic E-state index is 0.164. The van der Waals surface area contributed by atoms with Crippen LogP contribution in [-0.2, 0) is 6.54 Å². The van der Waals surface area contributed by atoms with Crippen molar-refractivity contribution in [3.63, 3.8) is 0 Å². The minimum Gasteiger partial charge on any atom is -0.346 e. The molecule has 1 heterocycles. The number of benzene rings is 1. The van der Waals surface area contributed by atoms with Crippen LogP contribution in [0.5, 0.6) is 0 Å². The van der Waals surface area contributed by atoms with Crippen LogP contribution in [0.2, 0.25) is 5.02 Å². The Morgan fingerprint density at radius 1 is 1.37 bits per heavy atom. The van der Waals surface area contributed by atoms with Gasteiger partial charge in [0.25, 0.3) is 0 Å². The first-order valence-electron chi connectivity index (χ1n) is 6.44. The summed E-state index contributed by atoms with van der Waals surface area (Å²) in [5, 5.41) is 3.54. The molecule has 0 spiro atoms. The molecule has 4 heteroatoms. The van der Waals surface area contributed by atoms with Crippen LogP contribution in [0.3, 0.4) is 0 Å². The van der Waals surface area contributed by atoms with Crippen molar-refractivity contribution in [3.8, 4) is 0 Å². The topological polar surface area (TPSA) is 17.0 Å². The van der Waals surface area contributed by atoms with Crippen molar-refractivity contribution in [2.24, 2.45) is 0 Å². The Morgan fingerprint density at radius 2 is 2.16 bits per heavy atom. The van der Waals surface area contributed by atoms with Gasteiger partial charge in [-0.3, -0.25) is 0 Å². The maximum absolute atomic E-state index is 13.4. The SMILES string of the molecule is CCNC(C)c1cccn1Cc1ccc(Cl)c(F)c1. The Bertz CT molecular complexity index is 551. The van der Waals surface area contributed by atoms with Gasteiger partial charge in [0.1, 0.15) is 5.82 Å². The number of nitrogens with zero attached hydrogens (tertiary/aromatic N) is 1. The lowest BCUT2D eigenvalue weighted by Gasteiger charge is -2.16. The lowest BCUT2D eigenvalue weighted by molar-refractivity contribution is 0.552. The molecule has 1 atom stereocenters. The third-order valence-corrected chi connectivity index (χ3v) is 3.46. The van der Waals surface area contributed by atoms with Crippen LogP contribution in [-0.4, -0.2) is 11.1 Å². The molecule has 0 saturated carbocycles. The highest BCUT2D eigenvalue weighted by atomic mass is 35.5. The van der Waals surface area contributed by atoms with E-state index in [0.717, 1.165) is 12.1 Å². The van der Waals surface area contributed by atoms with Crippen molar-refractivity contribution >= 4 is 11.6 Å². The molecule has 102 valence electrons. The zero-order chi connectivity index (χ0) is 13.8. The Kier molecular flexibility index (Phi) is 4.61. The van der Waals surface area contributed by atoms with E-state index in [2.05, 4.69) is 29.8 Å². The van der Waals surface area contributed by atoms with E-state index in [4.69, 9.17) is 11.6 Å². The summed E-state index contributed by atoms with van der Waals surface area (Å²) in [6, 6.07) is 9.31. The average molecular weight is 281 g/mol. The molecular weight excluding hydrogens is 263 g/mol. The fourth-order valence-electron chi connectivity index (χ4n) is 2.21. The van der Waals surface area contributed by atoms with Gasteiger partial charge in [-0.2, -0.15) is 0 Å². The summed E-state index contributed by atoms with van der Waals surface area (Å²) in [5.74, 6) is -0.368. The molecule has 1 unspecified atom stereocenters. The first-order chi connectivity index (χ1) is 9.11. The van der Waals surface area contributed by atoms with Crippen molar-refractivity contribution in [1.29, 1.82) is 0 Å². The molecule has 2 rings (SSSR count).